The van der Waals surface area contributed by atoms with Crippen LogP contribution >= 0.6 is 0 Å². The van der Waals surface area contributed by atoms with E-state index in [1.165, 1.54) is 5.56 Å². The smallest absolute Gasteiger partial charge is 0.126 e. The van der Waals surface area contributed by atoms with E-state index in [1.54, 1.807) is 7.11 Å². The Bertz CT molecular complexity index is 305. The summed E-state index contributed by atoms with van der Waals surface area (Å²) >= 11 is 0. The second kappa shape index (κ2) is 3.79. The van der Waals surface area contributed by atoms with E-state index in [0.717, 1.165) is 16.9 Å². The lowest BCUT2D eigenvalue weighted by atomic mass is 10.0. The maximum atomic E-state index is 5.85. The van der Waals surface area contributed by atoms with Gasteiger partial charge in [-0.05, 0) is 26.3 Å². The number of nitrogens with two attached hydrogens (primary N) is 1. The molecular formula is C11H17NO. The molecular weight excluding hydrogens is 162 g/mol. The summed E-state index contributed by atoms with van der Waals surface area (Å²) in [4.78, 5) is 0. The number of benzene rings is 1. The van der Waals surface area contributed by atoms with Gasteiger partial charge >= 0.3 is 0 Å². The summed E-state index contributed by atoms with van der Waals surface area (Å²) in [5.74, 6) is 0.917. The molecule has 0 aliphatic rings. The van der Waals surface area contributed by atoms with Crippen LogP contribution in [0.2, 0.25) is 0 Å². The number of ether oxygens (including phenoxy) is 1. The number of hydrogen-bond acceptors (Lipinski definition) is 2. The molecule has 2 heteroatoms. The van der Waals surface area contributed by atoms with Gasteiger partial charge in [0.1, 0.15) is 5.75 Å². The average Bonchev–Trinajstić information content (AvgIpc) is 2.02. The van der Waals surface area contributed by atoms with Crippen molar-refractivity contribution in [2.75, 3.05) is 7.11 Å². The molecule has 0 aliphatic heterocycles. The second-order valence-corrected chi connectivity index (χ2v) is 3.49. The first kappa shape index (κ1) is 10.1. The second-order valence-electron chi connectivity index (χ2n) is 3.49. The molecule has 0 aromatic heterocycles. The van der Waals surface area contributed by atoms with Crippen LogP contribution in [0, 0.1) is 13.8 Å². The highest BCUT2D eigenvalue weighted by Crippen LogP contribution is 2.28. The molecule has 1 aromatic rings. The van der Waals surface area contributed by atoms with Crippen molar-refractivity contribution in [3.05, 3.63) is 28.8 Å². The summed E-state index contributed by atoms with van der Waals surface area (Å²) in [5.41, 5.74) is 9.31. The highest BCUT2D eigenvalue weighted by Gasteiger charge is 2.10. The van der Waals surface area contributed by atoms with Gasteiger partial charge in [-0.3, -0.25) is 0 Å². The van der Waals surface area contributed by atoms with Crippen LogP contribution in [0.25, 0.3) is 0 Å². The molecule has 1 rings (SSSR count). The van der Waals surface area contributed by atoms with Crippen LogP contribution in [0.5, 0.6) is 5.75 Å². The number of methoxy groups -OCH3 is 1. The Kier molecular flexibility index (Phi) is 2.94. The van der Waals surface area contributed by atoms with Crippen molar-refractivity contribution in [1.29, 1.82) is 0 Å². The van der Waals surface area contributed by atoms with Crippen molar-refractivity contribution < 1.29 is 4.74 Å². The van der Waals surface area contributed by atoms with E-state index in [-0.39, 0.29) is 6.04 Å². The predicted octanol–water partition coefficient (Wildman–Crippen LogP) is 2.33. The third-order valence-corrected chi connectivity index (χ3v) is 2.14. The Morgan fingerprint density at radius 2 is 1.92 bits per heavy atom. The standard InChI is InChI=1S/C11H17NO/c1-7-5-8(2)11(13-4)10(6-7)9(3)12/h5-6,9H,12H2,1-4H3/t9-/m1/s1. The van der Waals surface area contributed by atoms with Crippen LogP contribution in [0.15, 0.2) is 12.1 Å². The molecule has 0 bridgehead atoms. The zero-order valence-corrected chi connectivity index (χ0v) is 8.72. The van der Waals surface area contributed by atoms with Crippen LogP contribution in [0.1, 0.15) is 29.7 Å². The quantitative estimate of drug-likeness (QED) is 0.756. The van der Waals surface area contributed by atoms with Crippen molar-refractivity contribution >= 4 is 0 Å². The van der Waals surface area contributed by atoms with Gasteiger partial charge in [-0.25, -0.2) is 0 Å². The summed E-state index contributed by atoms with van der Waals surface area (Å²) in [6.07, 6.45) is 0. The lowest BCUT2D eigenvalue weighted by molar-refractivity contribution is 0.403. The van der Waals surface area contributed by atoms with Gasteiger partial charge in [0, 0.05) is 11.6 Å². The highest BCUT2D eigenvalue weighted by atomic mass is 16.5. The van der Waals surface area contributed by atoms with Gasteiger partial charge in [0.2, 0.25) is 0 Å². The van der Waals surface area contributed by atoms with E-state index in [9.17, 15) is 0 Å². The van der Waals surface area contributed by atoms with E-state index in [1.807, 2.05) is 13.8 Å². The third-order valence-electron chi connectivity index (χ3n) is 2.14. The van der Waals surface area contributed by atoms with Gasteiger partial charge in [0.15, 0.2) is 0 Å². The molecule has 0 fully saturated rings. The molecule has 0 spiro atoms. The van der Waals surface area contributed by atoms with E-state index >= 15 is 0 Å². The number of aryl methyl sites for hydroxylation is 2. The largest absolute Gasteiger partial charge is 0.496 e. The molecule has 0 saturated carbocycles. The Labute approximate surface area is 79.7 Å². The summed E-state index contributed by atoms with van der Waals surface area (Å²) in [7, 11) is 1.68. The molecule has 72 valence electrons. The minimum absolute atomic E-state index is 0.0218. The van der Waals surface area contributed by atoms with Crippen molar-refractivity contribution in [3.8, 4) is 5.75 Å². The first-order valence-corrected chi connectivity index (χ1v) is 4.47. The molecule has 1 aromatic carbocycles. The first-order valence-electron chi connectivity index (χ1n) is 4.47. The molecule has 0 heterocycles. The van der Waals surface area contributed by atoms with E-state index in [2.05, 4.69) is 19.1 Å². The molecule has 0 amide bonds. The SMILES string of the molecule is COc1c(C)cc(C)cc1[C@@H](C)N. The van der Waals surface area contributed by atoms with E-state index in [0.29, 0.717) is 0 Å². The molecule has 0 radical (unpaired) electrons. The molecule has 0 aliphatic carbocycles. The van der Waals surface area contributed by atoms with Gasteiger partial charge in [-0.2, -0.15) is 0 Å². The van der Waals surface area contributed by atoms with Crippen molar-refractivity contribution in [2.24, 2.45) is 5.73 Å². The fraction of sp³-hybridized carbons (Fsp3) is 0.455. The fourth-order valence-corrected chi connectivity index (χ4v) is 1.60. The summed E-state index contributed by atoms with van der Waals surface area (Å²) in [5, 5.41) is 0. The van der Waals surface area contributed by atoms with Crippen molar-refractivity contribution in [2.45, 2.75) is 26.8 Å². The minimum atomic E-state index is 0.0218. The van der Waals surface area contributed by atoms with Gasteiger partial charge in [-0.1, -0.05) is 17.7 Å². The third kappa shape index (κ3) is 2.01. The van der Waals surface area contributed by atoms with Crippen LogP contribution in [-0.2, 0) is 0 Å². The lowest BCUT2D eigenvalue weighted by Crippen LogP contribution is -2.08. The number of hydrogen-bond donors (Lipinski definition) is 1. The van der Waals surface area contributed by atoms with Crippen molar-refractivity contribution in [1.82, 2.24) is 0 Å². The summed E-state index contributed by atoms with van der Waals surface area (Å²) in [6, 6.07) is 4.20. The van der Waals surface area contributed by atoms with E-state index < -0.39 is 0 Å². The Morgan fingerprint density at radius 3 is 2.38 bits per heavy atom. The van der Waals surface area contributed by atoms with Crippen LogP contribution in [0.4, 0.5) is 0 Å². The molecule has 0 unspecified atom stereocenters. The zero-order chi connectivity index (χ0) is 10.0. The molecule has 1 atom stereocenters. The normalized spacial score (nSPS) is 12.7. The maximum Gasteiger partial charge on any atom is 0.126 e. The molecule has 0 saturated heterocycles. The Balaban J connectivity index is 3.29. The van der Waals surface area contributed by atoms with Crippen LogP contribution < -0.4 is 10.5 Å². The highest BCUT2D eigenvalue weighted by molar-refractivity contribution is 5.45. The van der Waals surface area contributed by atoms with Gasteiger partial charge < -0.3 is 10.5 Å². The Hall–Kier alpha value is -1.02. The van der Waals surface area contributed by atoms with Gasteiger partial charge in [-0.15, -0.1) is 0 Å². The average molecular weight is 179 g/mol. The number of rotatable bonds is 2. The van der Waals surface area contributed by atoms with E-state index in [4.69, 9.17) is 10.5 Å². The maximum absolute atomic E-state index is 5.85. The minimum Gasteiger partial charge on any atom is -0.496 e. The topological polar surface area (TPSA) is 35.2 Å². The molecule has 13 heavy (non-hydrogen) atoms. The Morgan fingerprint density at radius 1 is 1.31 bits per heavy atom. The zero-order valence-electron chi connectivity index (χ0n) is 8.72. The monoisotopic (exact) mass is 179 g/mol. The lowest BCUT2D eigenvalue weighted by Gasteiger charge is -2.15. The van der Waals surface area contributed by atoms with Crippen LogP contribution in [-0.4, -0.2) is 7.11 Å². The summed E-state index contributed by atoms with van der Waals surface area (Å²) < 4.78 is 5.31. The van der Waals surface area contributed by atoms with Gasteiger partial charge in [0.25, 0.3) is 0 Å². The van der Waals surface area contributed by atoms with Crippen LogP contribution in [0.3, 0.4) is 0 Å². The first-order chi connectivity index (χ1) is 6.06. The van der Waals surface area contributed by atoms with Gasteiger partial charge in [0.05, 0.1) is 7.11 Å². The van der Waals surface area contributed by atoms with Crippen molar-refractivity contribution in [3.63, 3.8) is 0 Å². The predicted molar refractivity (Wildman–Crippen MR) is 55.1 cm³/mol. The fourth-order valence-electron chi connectivity index (χ4n) is 1.60. The summed E-state index contributed by atoms with van der Waals surface area (Å²) in [6.45, 7) is 6.08. The molecule has 2 N–H and O–H groups in total. The molecule has 2 nitrogen and oxygen atoms in total.